The Bertz CT molecular complexity index is 496. The summed E-state index contributed by atoms with van der Waals surface area (Å²) >= 11 is 0. The molecule has 2 unspecified atom stereocenters. The molecule has 0 bridgehead atoms. The van der Waals surface area contributed by atoms with E-state index >= 15 is 0 Å². The number of nitrogens with zero attached hydrogens (tertiary/aromatic N) is 1. The van der Waals surface area contributed by atoms with Crippen LogP contribution >= 0.6 is 0 Å². The van der Waals surface area contributed by atoms with E-state index in [0.717, 1.165) is 24.8 Å². The summed E-state index contributed by atoms with van der Waals surface area (Å²) in [5, 5.41) is 3.43. The topological polar surface area (TPSA) is 32.3 Å². The molecule has 0 spiro atoms. The summed E-state index contributed by atoms with van der Waals surface area (Å²) in [5.74, 6) is -0.0296. The number of carbonyl (C=O) groups excluding carboxylic acids is 1. The Balaban J connectivity index is 1.88. The molecule has 1 aromatic rings. The summed E-state index contributed by atoms with van der Waals surface area (Å²) in [7, 11) is 0. The molecule has 21 heavy (non-hydrogen) atoms. The lowest BCUT2D eigenvalue weighted by atomic mass is 9.93. The van der Waals surface area contributed by atoms with Crippen LogP contribution in [0.25, 0.3) is 0 Å². The van der Waals surface area contributed by atoms with Gasteiger partial charge in [-0.25, -0.2) is 4.39 Å². The van der Waals surface area contributed by atoms with E-state index in [0.29, 0.717) is 6.04 Å². The van der Waals surface area contributed by atoms with Crippen molar-refractivity contribution in [3.05, 3.63) is 35.6 Å². The molecule has 1 saturated carbocycles. The number of rotatable bonds is 3. The van der Waals surface area contributed by atoms with Gasteiger partial charge in [-0.2, -0.15) is 0 Å². The maximum Gasteiger partial charge on any atom is 0.241 e. The second-order valence-electron chi connectivity index (χ2n) is 6.12. The number of nitrogens with one attached hydrogen (secondary N) is 1. The summed E-state index contributed by atoms with van der Waals surface area (Å²) in [5.41, 5.74) is 0.978. The minimum atomic E-state index is -0.237. The van der Waals surface area contributed by atoms with Crippen molar-refractivity contribution in [2.45, 2.75) is 63.7 Å². The third-order valence-corrected chi connectivity index (χ3v) is 4.75. The average molecular weight is 290 g/mol. The van der Waals surface area contributed by atoms with Crippen LogP contribution in [0.5, 0.6) is 0 Å². The van der Waals surface area contributed by atoms with Crippen LogP contribution in [0.4, 0.5) is 4.39 Å². The molecule has 2 aliphatic rings. The molecule has 0 aromatic heterocycles. The van der Waals surface area contributed by atoms with Gasteiger partial charge in [0.2, 0.25) is 5.91 Å². The van der Waals surface area contributed by atoms with Crippen molar-refractivity contribution in [3.63, 3.8) is 0 Å². The zero-order valence-corrected chi connectivity index (χ0v) is 12.5. The molecule has 0 radical (unpaired) electrons. The van der Waals surface area contributed by atoms with E-state index in [1.165, 1.54) is 31.4 Å². The highest BCUT2D eigenvalue weighted by Crippen LogP contribution is 2.34. The lowest BCUT2D eigenvalue weighted by Crippen LogP contribution is -2.41. The monoisotopic (exact) mass is 290 g/mol. The Hall–Kier alpha value is -1.42. The number of carbonyl (C=O) groups is 1. The standard InChI is InChI=1S/C17H23FN2O/c1-2-15-17(21)20(14-6-4-3-5-7-14)16(19-15)12-8-10-13(18)11-9-12/h8-11,14-16,19H,2-7H2,1H3. The molecule has 3 nitrogen and oxygen atoms in total. The van der Waals surface area contributed by atoms with Gasteiger partial charge in [-0.1, -0.05) is 38.3 Å². The quantitative estimate of drug-likeness (QED) is 0.925. The highest BCUT2D eigenvalue weighted by molar-refractivity contribution is 5.84. The average Bonchev–Trinajstić information content (AvgIpc) is 2.85. The van der Waals surface area contributed by atoms with Crippen LogP contribution in [0, 0.1) is 5.82 Å². The SMILES string of the molecule is CCC1NC(c2ccc(F)cc2)N(C2CCCCC2)C1=O. The second-order valence-corrected chi connectivity index (χ2v) is 6.12. The van der Waals surface area contributed by atoms with E-state index in [1.807, 2.05) is 11.8 Å². The fourth-order valence-corrected chi connectivity index (χ4v) is 3.59. The van der Waals surface area contributed by atoms with Gasteiger partial charge in [0.1, 0.15) is 12.0 Å². The van der Waals surface area contributed by atoms with E-state index in [4.69, 9.17) is 0 Å². The fraction of sp³-hybridized carbons (Fsp3) is 0.588. The lowest BCUT2D eigenvalue weighted by molar-refractivity contribution is -0.133. The first-order valence-electron chi connectivity index (χ1n) is 8.04. The van der Waals surface area contributed by atoms with Gasteiger partial charge in [0.25, 0.3) is 0 Å². The Morgan fingerprint density at radius 3 is 2.48 bits per heavy atom. The van der Waals surface area contributed by atoms with Crippen molar-refractivity contribution in [1.29, 1.82) is 0 Å². The van der Waals surface area contributed by atoms with Crippen molar-refractivity contribution in [2.75, 3.05) is 0 Å². The minimum absolute atomic E-state index is 0.105. The zero-order chi connectivity index (χ0) is 14.8. The Morgan fingerprint density at radius 1 is 1.19 bits per heavy atom. The summed E-state index contributed by atoms with van der Waals surface area (Å²) in [6.07, 6.45) is 6.52. The predicted molar refractivity (Wildman–Crippen MR) is 80.1 cm³/mol. The van der Waals surface area contributed by atoms with Gasteiger partial charge in [-0.05, 0) is 37.0 Å². The van der Waals surface area contributed by atoms with E-state index in [-0.39, 0.29) is 23.9 Å². The van der Waals surface area contributed by atoms with Crippen LogP contribution in [0.15, 0.2) is 24.3 Å². The first-order chi connectivity index (χ1) is 10.2. The van der Waals surface area contributed by atoms with Crippen LogP contribution in [-0.2, 0) is 4.79 Å². The van der Waals surface area contributed by atoms with Crippen molar-refractivity contribution in [2.24, 2.45) is 0 Å². The molecule has 114 valence electrons. The van der Waals surface area contributed by atoms with Gasteiger partial charge >= 0.3 is 0 Å². The van der Waals surface area contributed by atoms with E-state index in [2.05, 4.69) is 5.32 Å². The molecular weight excluding hydrogens is 267 g/mol. The van der Waals surface area contributed by atoms with E-state index in [9.17, 15) is 9.18 Å². The maximum atomic E-state index is 13.1. The Kier molecular flexibility index (Phi) is 4.24. The number of amides is 1. The molecule has 1 N–H and O–H groups in total. The number of halogens is 1. The van der Waals surface area contributed by atoms with Crippen molar-refractivity contribution < 1.29 is 9.18 Å². The predicted octanol–water partition coefficient (Wildman–Crippen LogP) is 3.37. The van der Waals surface area contributed by atoms with Gasteiger partial charge in [-0.3, -0.25) is 10.1 Å². The summed E-state index contributed by atoms with van der Waals surface area (Å²) < 4.78 is 13.1. The summed E-state index contributed by atoms with van der Waals surface area (Å²) in [6.45, 7) is 2.03. The number of hydrogen-bond donors (Lipinski definition) is 1. The molecular formula is C17H23FN2O. The molecule has 2 atom stereocenters. The van der Waals surface area contributed by atoms with Gasteiger partial charge in [-0.15, -0.1) is 0 Å². The van der Waals surface area contributed by atoms with Gasteiger partial charge in [0, 0.05) is 6.04 Å². The number of hydrogen-bond acceptors (Lipinski definition) is 2. The van der Waals surface area contributed by atoms with Gasteiger partial charge in [0.15, 0.2) is 0 Å². The molecule has 4 heteroatoms. The second kappa shape index (κ2) is 6.14. The van der Waals surface area contributed by atoms with Crippen LogP contribution < -0.4 is 5.32 Å². The van der Waals surface area contributed by atoms with Crippen LogP contribution in [0.3, 0.4) is 0 Å². The molecule has 1 aromatic carbocycles. The largest absolute Gasteiger partial charge is 0.319 e. The highest BCUT2D eigenvalue weighted by Gasteiger charge is 2.42. The molecule has 1 heterocycles. The zero-order valence-electron chi connectivity index (χ0n) is 12.5. The van der Waals surface area contributed by atoms with Crippen LogP contribution in [-0.4, -0.2) is 22.9 Å². The first kappa shape index (κ1) is 14.5. The third-order valence-electron chi connectivity index (χ3n) is 4.75. The molecule has 1 saturated heterocycles. The molecule has 2 fully saturated rings. The van der Waals surface area contributed by atoms with E-state index in [1.54, 1.807) is 12.1 Å². The van der Waals surface area contributed by atoms with Crippen molar-refractivity contribution >= 4 is 5.91 Å². The smallest absolute Gasteiger partial charge is 0.241 e. The van der Waals surface area contributed by atoms with Crippen molar-refractivity contribution in [3.8, 4) is 0 Å². The van der Waals surface area contributed by atoms with Crippen molar-refractivity contribution in [1.82, 2.24) is 10.2 Å². The van der Waals surface area contributed by atoms with Crippen LogP contribution in [0.1, 0.15) is 57.2 Å². The van der Waals surface area contributed by atoms with Gasteiger partial charge in [0.05, 0.1) is 6.04 Å². The fourth-order valence-electron chi connectivity index (χ4n) is 3.59. The Labute approximate surface area is 125 Å². The minimum Gasteiger partial charge on any atom is -0.319 e. The summed E-state index contributed by atoms with van der Waals surface area (Å²) in [4.78, 5) is 14.7. The molecule has 1 aliphatic heterocycles. The Morgan fingerprint density at radius 2 is 1.86 bits per heavy atom. The maximum absolute atomic E-state index is 13.1. The first-order valence-corrected chi connectivity index (χ1v) is 8.04. The van der Waals surface area contributed by atoms with Crippen LogP contribution in [0.2, 0.25) is 0 Å². The number of benzene rings is 1. The third kappa shape index (κ3) is 2.82. The molecule has 1 aliphatic carbocycles. The van der Waals surface area contributed by atoms with E-state index < -0.39 is 0 Å². The normalized spacial score (nSPS) is 27.3. The lowest BCUT2D eigenvalue weighted by Gasteiger charge is -2.35. The van der Waals surface area contributed by atoms with Gasteiger partial charge < -0.3 is 4.90 Å². The molecule has 3 rings (SSSR count). The highest BCUT2D eigenvalue weighted by atomic mass is 19.1. The molecule has 1 amide bonds. The summed E-state index contributed by atoms with van der Waals surface area (Å²) in [6, 6.07) is 6.73.